The Morgan fingerprint density at radius 3 is 2.65 bits per heavy atom. The summed E-state index contributed by atoms with van der Waals surface area (Å²) in [4.78, 5) is 16.3. The molecule has 0 aliphatic carbocycles. The van der Waals surface area contributed by atoms with Crippen LogP contribution in [0.25, 0.3) is 11.0 Å². The molecule has 2 aromatic heterocycles. The first-order valence-electron chi connectivity index (χ1n) is 6.77. The van der Waals surface area contributed by atoms with Crippen LogP contribution in [-0.2, 0) is 11.8 Å². The number of carbonyl (C=O) groups is 1. The van der Waals surface area contributed by atoms with Crippen LogP contribution >= 0.6 is 0 Å². The first kappa shape index (κ1) is 16.9. The first-order chi connectivity index (χ1) is 10.7. The fourth-order valence-electron chi connectivity index (χ4n) is 2.15. The molecule has 0 aliphatic rings. The second kappa shape index (κ2) is 5.98. The number of nitrogen functional groups attached to an aromatic ring is 1. The minimum Gasteiger partial charge on any atom is -0.481 e. The lowest BCUT2D eigenvalue weighted by Crippen LogP contribution is -2.20. The average molecular weight is 331 g/mol. The topological polar surface area (TPSA) is 79.4 Å². The number of alkyl halides is 3. The molecule has 0 fully saturated rings. The fraction of sp³-hybridized carbons (Fsp3) is 0.429. The average Bonchev–Trinajstić information content (AvgIpc) is 2.69. The SMILES string of the molecule is CCOC(=O)c1c(OCC(F)(F)F)c2cc(N)c(C)nc2n1C. The molecule has 0 spiro atoms. The summed E-state index contributed by atoms with van der Waals surface area (Å²) in [5.74, 6) is -1.03. The van der Waals surface area contributed by atoms with Gasteiger partial charge in [-0.05, 0) is 19.9 Å². The predicted octanol–water partition coefficient (Wildman–Crippen LogP) is 2.58. The van der Waals surface area contributed by atoms with Crippen molar-refractivity contribution >= 4 is 22.7 Å². The van der Waals surface area contributed by atoms with Crippen LogP contribution in [0.1, 0.15) is 23.1 Å². The molecule has 2 aromatic rings. The van der Waals surface area contributed by atoms with Crippen LogP contribution in [0.15, 0.2) is 6.07 Å². The molecule has 2 heterocycles. The molecule has 0 bridgehead atoms. The number of rotatable bonds is 4. The first-order valence-corrected chi connectivity index (χ1v) is 6.77. The zero-order valence-electron chi connectivity index (χ0n) is 12.8. The van der Waals surface area contributed by atoms with E-state index in [4.69, 9.17) is 15.2 Å². The molecule has 0 saturated heterocycles. The summed E-state index contributed by atoms with van der Waals surface area (Å²) < 4.78 is 48.5. The number of fused-ring (bicyclic) bond motifs is 1. The molecule has 0 unspecified atom stereocenters. The van der Waals surface area contributed by atoms with Crippen molar-refractivity contribution in [3.63, 3.8) is 0 Å². The molecular formula is C14H16F3N3O3. The van der Waals surface area contributed by atoms with Gasteiger partial charge in [0.05, 0.1) is 23.4 Å². The molecule has 0 aliphatic heterocycles. The molecule has 2 rings (SSSR count). The van der Waals surface area contributed by atoms with Gasteiger partial charge >= 0.3 is 12.1 Å². The number of ether oxygens (including phenoxy) is 2. The van der Waals surface area contributed by atoms with E-state index < -0.39 is 18.8 Å². The number of anilines is 1. The van der Waals surface area contributed by atoms with E-state index in [1.54, 1.807) is 13.8 Å². The third-order valence-corrected chi connectivity index (χ3v) is 3.19. The number of pyridine rings is 1. The van der Waals surface area contributed by atoms with Crippen LogP contribution in [0.5, 0.6) is 5.75 Å². The summed E-state index contributed by atoms with van der Waals surface area (Å²) in [6, 6.07) is 1.44. The zero-order valence-corrected chi connectivity index (χ0v) is 12.8. The monoisotopic (exact) mass is 331 g/mol. The molecule has 0 aromatic carbocycles. The molecule has 23 heavy (non-hydrogen) atoms. The molecule has 126 valence electrons. The molecule has 0 amide bonds. The third kappa shape index (κ3) is 3.33. The maximum absolute atomic E-state index is 12.5. The van der Waals surface area contributed by atoms with Crippen LogP contribution in [0.4, 0.5) is 18.9 Å². The summed E-state index contributed by atoms with van der Waals surface area (Å²) in [7, 11) is 1.50. The fourth-order valence-corrected chi connectivity index (χ4v) is 2.15. The maximum atomic E-state index is 12.5. The van der Waals surface area contributed by atoms with Crippen molar-refractivity contribution in [3.05, 3.63) is 17.5 Å². The number of halogens is 3. The van der Waals surface area contributed by atoms with Gasteiger partial charge in [0.2, 0.25) is 0 Å². The van der Waals surface area contributed by atoms with Crippen molar-refractivity contribution in [2.45, 2.75) is 20.0 Å². The second-order valence-electron chi connectivity index (χ2n) is 4.90. The van der Waals surface area contributed by atoms with Gasteiger partial charge in [-0.15, -0.1) is 0 Å². The van der Waals surface area contributed by atoms with E-state index in [9.17, 15) is 18.0 Å². The molecule has 2 N–H and O–H groups in total. The number of nitrogens with two attached hydrogens (primary N) is 1. The smallest absolute Gasteiger partial charge is 0.422 e. The van der Waals surface area contributed by atoms with Gasteiger partial charge in [0, 0.05) is 7.05 Å². The van der Waals surface area contributed by atoms with Crippen molar-refractivity contribution in [2.24, 2.45) is 7.05 Å². The molecule has 9 heteroatoms. The number of nitrogens with zero attached hydrogens (tertiary/aromatic N) is 2. The van der Waals surface area contributed by atoms with Crippen molar-refractivity contribution in [1.82, 2.24) is 9.55 Å². The lowest BCUT2D eigenvalue weighted by atomic mass is 10.2. The highest BCUT2D eigenvalue weighted by atomic mass is 19.4. The maximum Gasteiger partial charge on any atom is 0.422 e. The number of esters is 1. The normalized spacial score (nSPS) is 11.7. The van der Waals surface area contributed by atoms with Gasteiger partial charge in [-0.25, -0.2) is 9.78 Å². The molecule has 0 radical (unpaired) electrons. The molecule has 6 nitrogen and oxygen atoms in total. The summed E-state index contributed by atoms with van der Waals surface area (Å²) in [6.45, 7) is 1.79. The number of hydrogen-bond donors (Lipinski definition) is 1. The zero-order chi connectivity index (χ0) is 17.4. The predicted molar refractivity (Wildman–Crippen MR) is 77.4 cm³/mol. The van der Waals surface area contributed by atoms with E-state index in [2.05, 4.69) is 4.98 Å². The Labute approximate surface area is 130 Å². The second-order valence-corrected chi connectivity index (χ2v) is 4.90. The van der Waals surface area contributed by atoms with E-state index in [1.807, 2.05) is 0 Å². The van der Waals surface area contributed by atoms with E-state index >= 15 is 0 Å². The van der Waals surface area contributed by atoms with E-state index in [-0.39, 0.29) is 34.8 Å². The van der Waals surface area contributed by atoms with E-state index in [0.717, 1.165) is 0 Å². The summed E-state index contributed by atoms with van der Waals surface area (Å²) in [5.41, 5.74) is 6.70. The van der Waals surface area contributed by atoms with Gasteiger partial charge in [-0.1, -0.05) is 0 Å². The van der Waals surface area contributed by atoms with Crippen LogP contribution in [-0.4, -0.2) is 34.9 Å². The van der Waals surface area contributed by atoms with Crippen LogP contribution in [0.3, 0.4) is 0 Å². The Hall–Kier alpha value is -2.45. The Kier molecular flexibility index (Phi) is 4.39. The third-order valence-electron chi connectivity index (χ3n) is 3.19. The number of carbonyl (C=O) groups excluding carboxylic acids is 1. The van der Waals surface area contributed by atoms with Crippen LogP contribution < -0.4 is 10.5 Å². The minimum atomic E-state index is -4.54. The Balaban J connectivity index is 2.65. The Morgan fingerprint density at radius 1 is 1.43 bits per heavy atom. The van der Waals surface area contributed by atoms with Gasteiger partial charge in [0.25, 0.3) is 0 Å². The Bertz CT molecular complexity index is 753. The van der Waals surface area contributed by atoms with Crippen molar-refractivity contribution in [3.8, 4) is 5.75 Å². The van der Waals surface area contributed by atoms with Crippen molar-refractivity contribution in [2.75, 3.05) is 18.9 Å². The van der Waals surface area contributed by atoms with Crippen molar-refractivity contribution < 1.29 is 27.4 Å². The highest BCUT2D eigenvalue weighted by Crippen LogP contribution is 2.35. The lowest BCUT2D eigenvalue weighted by molar-refractivity contribution is -0.153. The van der Waals surface area contributed by atoms with Gasteiger partial charge in [-0.3, -0.25) is 0 Å². The van der Waals surface area contributed by atoms with E-state index in [0.29, 0.717) is 5.69 Å². The van der Waals surface area contributed by atoms with E-state index in [1.165, 1.54) is 17.7 Å². The lowest BCUT2D eigenvalue weighted by Gasteiger charge is -2.10. The summed E-state index contributed by atoms with van der Waals surface area (Å²) in [6.07, 6.45) is -4.54. The minimum absolute atomic E-state index is 0.0770. The van der Waals surface area contributed by atoms with Gasteiger partial charge < -0.3 is 19.8 Å². The quantitative estimate of drug-likeness (QED) is 0.871. The summed E-state index contributed by atoms with van der Waals surface area (Å²) in [5, 5.41) is 0.225. The Morgan fingerprint density at radius 2 is 2.09 bits per heavy atom. The van der Waals surface area contributed by atoms with Gasteiger partial charge in [0.1, 0.15) is 5.65 Å². The number of aromatic nitrogens is 2. The largest absolute Gasteiger partial charge is 0.481 e. The standard InChI is InChI=1S/C14H16F3N3O3/c1-4-22-13(21)10-11(23-6-14(15,16)17)8-5-9(18)7(2)19-12(8)20(10)3/h5H,4,6,18H2,1-3H3. The number of hydrogen-bond acceptors (Lipinski definition) is 5. The van der Waals surface area contributed by atoms with Crippen molar-refractivity contribution in [1.29, 1.82) is 0 Å². The van der Waals surface area contributed by atoms with Gasteiger partial charge in [0.15, 0.2) is 18.1 Å². The molecule has 0 saturated carbocycles. The highest BCUT2D eigenvalue weighted by Gasteiger charge is 2.32. The van der Waals surface area contributed by atoms with Crippen LogP contribution in [0, 0.1) is 6.92 Å². The van der Waals surface area contributed by atoms with Crippen LogP contribution in [0.2, 0.25) is 0 Å². The molecule has 0 atom stereocenters. The summed E-state index contributed by atoms with van der Waals surface area (Å²) >= 11 is 0. The van der Waals surface area contributed by atoms with Gasteiger partial charge in [-0.2, -0.15) is 13.2 Å². The highest BCUT2D eigenvalue weighted by molar-refractivity contribution is 6.01. The molecular weight excluding hydrogens is 315 g/mol. The number of aryl methyl sites for hydroxylation is 2.